The van der Waals surface area contributed by atoms with Crippen LogP contribution in [-0.4, -0.2) is 35.1 Å². The van der Waals surface area contributed by atoms with Crippen LogP contribution >= 0.6 is 23.2 Å². The standard InChI is InChI=1S/C28H30Cl2FN3O2/c1-3-34-12-10-28(11-13-34)9-8-18-4-5-19(14-23(18)36-28)20-15-24(27(32)33-16-20)35-17(2)25-21(29)6-7-22(31)26(25)30/h4-7,14-17H,3,8-13H2,1-2H3,(H2,32,33)/t17-/m1/s1. The van der Waals surface area contributed by atoms with E-state index in [1.54, 1.807) is 13.1 Å². The minimum absolute atomic E-state index is 0.0665. The fourth-order valence-electron chi connectivity index (χ4n) is 5.18. The highest BCUT2D eigenvalue weighted by Gasteiger charge is 2.39. The van der Waals surface area contributed by atoms with Crippen LogP contribution in [-0.2, 0) is 6.42 Å². The molecule has 0 unspecified atom stereocenters. The van der Waals surface area contributed by atoms with E-state index in [0.717, 1.165) is 62.2 Å². The first-order valence-corrected chi connectivity index (χ1v) is 13.1. The molecule has 1 fully saturated rings. The maximum atomic E-state index is 14.0. The molecule has 2 aliphatic rings. The summed E-state index contributed by atoms with van der Waals surface area (Å²) in [7, 11) is 0. The average molecular weight is 530 g/mol. The van der Waals surface area contributed by atoms with Gasteiger partial charge in [-0.05, 0) is 74.5 Å². The molecule has 0 bridgehead atoms. The predicted octanol–water partition coefficient (Wildman–Crippen LogP) is 7.10. The highest BCUT2D eigenvalue weighted by atomic mass is 35.5. The van der Waals surface area contributed by atoms with Gasteiger partial charge in [-0.15, -0.1) is 0 Å². The van der Waals surface area contributed by atoms with Gasteiger partial charge >= 0.3 is 0 Å². The summed E-state index contributed by atoms with van der Waals surface area (Å²) >= 11 is 12.4. The normalized spacial score (nSPS) is 17.9. The van der Waals surface area contributed by atoms with Gasteiger partial charge in [-0.1, -0.05) is 42.3 Å². The van der Waals surface area contributed by atoms with Crippen molar-refractivity contribution < 1.29 is 13.9 Å². The highest BCUT2D eigenvalue weighted by molar-refractivity contribution is 6.36. The lowest BCUT2D eigenvalue weighted by Gasteiger charge is -2.44. The Morgan fingerprint density at radius 3 is 2.67 bits per heavy atom. The fourth-order valence-corrected chi connectivity index (χ4v) is 5.86. The molecule has 1 spiro atoms. The summed E-state index contributed by atoms with van der Waals surface area (Å²) in [6, 6.07) is 10.8. The first-order valence-electron chi connectivity index (χ1n) is 12.4. The van der Waals surface area contributed by atoms with Crippen LogP contribution in [0.1, 0.15) is 50.3 Å². The summed E-state index contributed by atoms with van der Waals surface area (Å²) in [5.74, 6) is 0.983. The molecule has 5 rings (SSSR count). The third-order valence-electron chi connectivity index (χ3n) is 7.46. The van der Waals surface area contributed by atoms with Gasteiger partial charge in [-0.25, -0.2) is 9.37 Å². The maximum Gasteiger partial charge on any atom is 0.166 e. The molecule has 0 amide bonds. The van der Waals surface area contributed by atoms with E-state index in [1.807, 2.05) is 6.07 Å². The number of rotatable bonds is 5. The Bertz CT molecular complexity index is 1280. The van der Waals surface area contributed by atoms with Crippen molar-refractivity contribution in [3.8, 4) is 22.6 Å². The summed E-state index contributed by atoms with van der Waals surface area (Å²) in [5.41, 5.74) is 9.44. The molecule has 0 radical (unpaired) electrons. The lowest BCUT2D eigenvalue weighted by atomic mass is 9.83. The minimum Gasteiger partial charge on any atom is -0.487 e. The number of nitrogen functional groups attached to an aromatic ring is 1. The van der Waals surface area contributed by atoms with Crippen molar-refractivity contribution in [2.75, 3.05) is 25.4 Å². The Kier molecular flexibility index (Phi) is 7.03. The summed E-state index contributed by atoms with van der Waals surface area (Å²) in [4.78, 5) is 6.82. The van der Waals surface area contributed by atoms with Crippen molar-refractivity contribution in [3.63, 3.8) is 0 Å². The summed E-state index contributed by atoms with van der Waals surface area (Å²) in [5, 5.41) is 0.255. The Morgan fingerprint density at radius 1 is 1.14 bits per heavy atom. The Balaban J connectivity index is 1.39. The number of aromatic nitrogens is 1. The topological polar surface area (TPSA) is 60.6 Å². The van der Waals surface area contributed by atoms with Gasteiger partial charge in [0.15, 0.2) is 11.6 Å². The number of piperidine rings is 1. The Labute approximate surface area is 221 Å². The molecule has 2 aliphatic heterocycles. The number of likely N-dealkylation sites (tertiary alicyclic amines) is 1. The third kappa shape index (κ3) is 4.86. The molecule has 3 heterocycles. The molecule has 3 aromatic rings. The van der Waals surface area contributed by atoms with E-state index in [4.69, 9.17) is 38.4 Å². The molecule has 2 aromatic carbocycles. The summed E-state index contributed by atoms with van der Waals surface area (Å²) in [6.07, 6.45) is 5.25. The number of fused-ring (bicyclic) bond motifs is 1. The molecular formula is C28H30Cl2FN3O2. The van der Waals surface area contributed by atoms with Crippen LogP contribution in [0.3, 0.4) is 0 Å². The van der Waals surface area contributed by atoms with Gasteiger partial charge in [0.2, 0.25) is 0 Å². The van der Waals surface area contributed by atoms with Gasteiger partial charge in [0.1, 0.15) is 23.3 Å². The first kappa shape index (κ1) is 25.1. The van der Waals surface area contributed by atoms with Crippen LogP contribution < -0.4 is 15.2 Å². The quantitative estimate of drug-likeness (QED) is 0.357. The lowest BCUT2D eigenvalue weighted by Crippen LogP contribution is -2.49. The Morgan fingerprint density at radius 2 is 1.92 bits per heavy atom. The molecule has 2 N–H and O–H groups in total. The highest BCUT2D eigenvalue weighted by Crippen LogP contribution is 2.42. The zero-order valence-electron chi connectivity index (χ0n) is 20.5. The molecule has 36 heavy (non-hydrogen) atoms. The van der Waals surface area contributed by atoms with Crippen molar-refractivity contribution in [2.24, 2.45) is 0 Å². The molecule has 0 saturated carbocycles. The zero-order chi connectivity index (χ0) is 25.4. The van der Waals surface area contributed by atoms with E-state index in [1.165, 1.54) is 17.7 Å². The molecule has 5 nitrogen and oxygen atoms in total. The van der Waals surface area contributed by atoms with Gasteiger partial charge < -0.3 is 20.1 Å². The number of benzene rings is 2. The Hall–Kier alpha value is -2.54. The third-order valence-corrected chi connectivity index (χ3v) is 8.18. The summed E-state index contributed by atoms with van der Waals surface area (Å²) < 4.78 is 26.8. The summed E-state index contributed by atoms with van der Waals surface area (Å²) in [6.45, 7) is 7.19. The maximum absolute atomic E-state index is 14.0. The second-order valence-corrected chi connectivity index (χ2v) is 10.5. The van der Waals surface area contributed by atoms with Crippen molar-refractivity contribution in [3.05, 3.63) is 69.6 Å². The molecule has 1 aromatic heterocycles. The second-order valence-electron chi connectivity index (χ2n) is 9.67. The number of ether oxygens (including phenoxy) is 2. The molecular weight excluding hydrogens is 500 g/mol. The van der Waals surface area contributed by atoms with Crippen LogP contribution in [0.15, 0.2) is 42.6 Å². The van der Waals surface area contributed by atoms with Crippen LogP contribution in [0.25, 0.3) is 11.1 Å². The molecule has 0 aliphatic carbocycles. The number of anilines is 1. The van der Waals surface area contributed by atoms with Gasteiger partial charge in [0.25, 0.3) is 0 Å². The van der Waals surface area contributed by atoms with Crippen LogP contribution in [0.5, 0.6) is 11.5 Å². The van der Waals surface area contributed by atoms with E-state index >= 15 is 0 Å². The van der Waals surface area contributed by atoms with Crippen LogP contribution in [0, 0.1) is 5.82 Å². The monoisotopic (exact) mass is 529 g/mol. The number of nitrogens with zero attached hydrogens (tertiary/aromatic N) is 2. The fraction of sp³-hybridized carbons (Fsp3) is 0.393. The van der Waals surface area contributed by atoms with Gasteiger partial charge in [0.05, 0.1) is 5.02 Å². The van der Waals surface area contributed by atoms with Gasteiger partial charge in [-0.3, -0.25) is 0 Å². The van der Waals surface area contributed by atoms with Crippen LogP contribution in [0.4, 0.5) is 10.2 Å². The van der Waals surface area contributed by atoms with Crippen molar-refractivity contribution in [1.29, 1.82) is 0 Å². The second kappa shape index (κ2) is 10.1. The van der Waals surface area contributed by atoms with E-state index in [0.29, 0.717) is 16.3 Å². The van der Waals surface area contributed by atoms with E-state index in [-0.39, 0.29) is 16.4 Å². The lowest BCUT2D eigenvalue weighted by molar-refractivity contribution is -0.0132. The smallest absolute Gasteiger partial charge is 0.166 e. The van der Waals surface area contributed by atoms with Gasteiger partial charge in [0, 0.05) is 35.4 Å². The molecule has 8 heteroatoms. The van der Waals surface area contributed by atoms with E-state index in [9.17, 15) is 4.39 Å². The van der Waals surface area contributed by atoms with Crippen LogP contribution in [0.2, 0.25) is 10.0 Å². The molecule has 1 atom stereocenters. The number of halogens is 3. The minimum atomic E-state index is -0.638. The van der Waals surface area contributed by atoms with E-state index < -0.39 is 11.9 Å². The number of nitrogens with two attached hydrogens (primary N) is 1. The average Bonchev–Trinajstić information content (AvgIpc) is 2.88. The predicted molar refractivity (Wildman–Crippen MR) is 143 cm³/mol. The van der Waals surface area contributed by atoms with Gasteiger partial charge in [-0.2, -0.15) is 0 Å². The molecule has 190 valence electrons. The SMILES string of the molecule is CCN1CCC2(CCc3ccc(-c4cnc(N)c(O[C@H](C)c5c(Cl)ccc(F)c5Cl)c4)cc3O2)CC1. The zero-order valence-corrected chi connectivity index (χ0v) is 22.0. The number of hydrogen-bond acceptors (Lipinski definition) is 5. The molecule has 1 saturated heterocycles. The largest absolute Gasteiger partial charge is 0.487 e. The number of pyridine rings is 1. The first-order chi connectivity index (χ1) is 17.3. The number of aryl methyl sites for hydroxylation is 1. The van der Waals surface area contributed by atoms with Crippen molar-refractivity contribution >= 4 is 29.0 Å². The van der Waals surface area contributed by atoms with Crippen molar-refractivity contribution in [2.45, 2.75) is 51.2 Å². The van der Waals surface area contributed by atoms with E-state index in [2.05, 4.69) is 35.0 Å². The van der Waals surface area contributed by atoms with Crippen molar-refractivity contribution in [1.82, 2.24) is 9.88 Å². The number of hydrogen-bond donors (Lipinski definition) is 1.